The highest BCUT2D eigenvalue weighted by Gasteiger charge is 2.16. The lowest BCUT2D eigenvalue weighted by atomic mass is 10.1. The van der Waals surface area contributed by atoms with E-state index in [0.717, 1.165) is 12.8 Å². The summed E-state index contributed by atoms with van der Waals surface area (Å²) in [6.07, 6.45) is 3.82. The molecule has 1 atom stereocenters. The first-order valence-corrected chi connectivity index (χ1v) is 5.66. The highest BCUT2D eigenvalue weighted by Crippen LogP contribution is 2.03. The van der Waals surface area contributed by atoms with Gasteiger partial charge in [-0.1, -0.05) is 11.8 Å². The number of rotatable bonds is 6. The van der Waals surface area contributed by atoms with Crippen molar-refractivity contribution in [1.29, 1.82) is 5.41 Å². The molecule has 5 N–H and O–H groups in total. The van der Waals surface area contributed by atoms with E-state index in [0.29, 0.717) is 13.0 Å². The van der Waals surface area contributed by atoms with E-state index in [2.05, 4.69) is 5.32 Å². The van der Waals surface area contributed by atoms with Gasteiger partial charge in [0.1, 0.15) is 6.04 Å². The summed E-state index contributed by atoms with van der Waals surface area (Å²) in [4.78, 5) is 10.7. The van der Waals surface area contributed by atoms with Crippen LogP contribution >= 0.6 is 11.8 Å². The van der Waals surface area contributed by atoms with E-state index < -0.39 is 12.0 Å². The molecule has 0 aromatic rings. The first kappa shape index (κ1) is 13.2. The van der Waals surface area contributed by atoms with Gasteiger partial charge in [0.05, 0.1) is 0 Å². The van der Waals surface area contributed by atoms with Gasteiger partial charge in [-0.05, 0) is 32.1 Å². The molecule has 0 bridgehead atoms. The summed E-state index contributed by atoms with van der Waals surface area (Å²) in [6, 6.07) is -0.665. The van der Waals surface area contributed by atoms with Gasteiger partial charge in [0.15, 0.2) is 5.17 Å². The van der Waals surface area contributed by atoms with Gasteiger partial charge in [-0.15, -0.1) is 0 Å². The van der Waals surface area contributed by atoms with Crippen molar-refractivity contribution < 1.29 is 9.90 Å². The summed E-state index contributed by atoms with van der Waals surface area (Å²) in [5.41, 5.74) is 5.30. The molecule has 0 radical (unpaired) electrons. The number of hydrogen-bond donors (Lipinski definition) is 4. The molecular weight excluding hydrogens is 202 g/mol. The second kappa shape index (κ2) is 7.64. The van der Waals surface area contributed by atoms with Gasteiger partial charge in [0.25, 0.3) is 0 Å². The largest absolute Gasteiger partial charge is 0.480 e. The maximum absolute atomic E-state index is 10.7. The smallest absolute Gasteiger partial charge is 0.326 e. The molecule has 6 heteroatoms. The van der Waals surface area contributed by atoms with E-state index >= 15 is 0 Å². The molecule has 0 aromatic heterocycles. The molecule has 0 amide bonds. The highest BCUT2D eigenvalue weighted by molar-refractivity contribution is 8.13. The molecule has 14 heavy (non-hydrogen) atoms. The van der Waals surface area contributed by atoms with Crippen LogP contribution in [0.25, 0.3) is 0 Å². The van der Waals surface area contributed by atoms with Crippen LogP contribution in [0, 0.1) is 5.41 Å². The number of amidine groups is 1. The topological polar surface area (TPSA) is 99.2 Å². The third-order valence-electron chi connectivity index (χ3n) is 1.75. The summed E-state index contributed by atoms with van der Waals surface area (Å²) in [5, 5.41) is 18.9. The predicted octanol–water partition coefficient (Wildman–Crippen LogP) is 0.456. The van der Waals surface area contributed by atoms with Crippen LogP contribution < -0.4 is 11.1 Å². The Balaban J connectivity index is 3.90. The maximum Gasteiger partial charge on any atom is 0.326 e. The fourth-order valence-electron chi connectivity index (χ4n) is 0.967. The van der Waals surface area contributed by atoms with E-state index in [1.807, 2.05) is 0 Å². The van der Waals surface area contributed by atoms with Crippen molar-refractivity contribution in [3.63, 3.8) is 0 Å². The molecule has 0 saturated heterocycles. The Morgan fingerprint density at radius 2 is 2.29 bits per heavy atom. The molecule has 0 heterocycles. The lowest BCUT2D eigenvalue weighted by Crippen LogP contribution is -2.39. The van der Waals surface area contributed by atoms with Gasteiger partial charge >= 0.3 is 5.97 Å². The average Bonchev–Trinajstić information content (AvgIpc) is 2.16. The van der Waals surface area contributed by atoms with Crippen LogP contribution in [-0.2, 0) is 4.79 Å². The van der Waals surface area contributed by atoms with Gasteiger partial charge in [-0.3, -0.25) is 5.41 Å². The van der Waals surface area contributed by atoms with Crippen LogP contribution in [0.5, 0.6) is 0 Å². The lowest BCUT2D eigenvalue weighted by Gasteiger charge is -2.14. The minimum absolute atomic E-state index is 0.185. The molecule has 0 unspecified atom stereocenters. The number of carbonyl (C=O) groups is 1. The SMILES string of the molecule is CSC(=N)N[C@@H](CCCCN)C(=O)O. The number of nitrogens with two attached hydrogens (primary N) is 1. The molecule has 5 nitrogen and oxygen atoms in total. The standard InChI is InChI=1S/C8H17N3O2S/c1-14-8(10)11-6(7(12)13)4-2-3-5-9/h6H,2-5,9H2,1H3,(H2,10,11)(H,12,13)/t6-/m0/s1. The average molecular weight is 219 g/mol. The van der Waals surface area contributed by atoms with Crippen molar-refractivity contribution in [2.45, 2.75) is 25.3 Å². The Kier molecular flexibility index (Phi) is 7.23. The van der Waals surface area contributed by atoms with Crippen LogP contribution in [0.4, 0.5) is 0 Å². The van der Waals surface area contributed by atoms with Crippen LogP contribution in [0.2, 0.25) is 0 Å². The Bertz CT molecular complexity index is 199. The Morgan fingerprint density at radius 1 is 1.64 bits per heavy atom. The zero-order valence-electron chi connectivity index (χ0n) is 8.25. The molecule has 0 spiro atoms. The zero-order chi connectivity index (χ0) is 11.0. The second-order valence-electron chi connectivity index (χ2n) is 2.85. The fourth-order valence-corrected chi connectivity index (χ4v) is 1.23. The Hall–Kier alpha value is -0.750. The number of carboxylic acids is 1. The van der Waals surface area contributed by atoms with Gasteiger partial charge < -0.3 is 16.2 Å². The number of aliphatic carboxylic acids is 1. The number of thioether (sulfide) groups is 1. The summed E-state index contributed by atoms with van der Waals surface area (Å²) in [5.74, 6) is -0.916. The molecule has 0 aliphatic carbocycles. The van der Waals surface area contributed by atoms with Crippen molar-refractivity contribution in [3.05, 3.63) is 0 Å². The van der Waals surface area contributed by atoms with Crippen molar-refractivity contribution in [2.75, 3.05) is 12.8 Å². The molecule has 0 fully saturated rings. The Morgan fingerprint density at radius 3 is 2.71 bits per heavy atom. The first-order valence-electron chi connectivity index (χ1n) is 4.43. The summed E-state index contributed by atoms with van der Waals surface area (Å²) in [6.45, 7) is 0.576. The normalized spacial score (nSPS) is 12.1. The molecule has 0 aliphatic rings. The number of nitrogens with one attached hydrogen (secondary N) is 2. The molecule has 0 saturated carbocycles. The van der Waals surface area contributed by atoms with Crippen LogP contribution in [0.1, 0.15) is 19.3 Å². The van der Waals surface area contributed by atoms with Gasteiger partial charge in [-0.2, -0.15) is 0 Å². The van der Waals surface area contributed by atoms with E-state index in [1.165, 1.54) is 11.8 Å². The van der Waals surface area contributed by atoms with Crippen molar-refractivity contribution in [3.8, 4) is 0 Å². The van der Waals surface area contributed by atoms with E-state index in [1.54, 1.807) is 6.26 Å². The van der Waals surface area contributed by atoms with Gasteiger partial charge in [0, 0.05) is 0 Å². The third kappa shape index (κ3) is 5.82. The second-order valence-corrected chi connectivity index (χ2v) is 3.67. The van der Waals surface area contributed by atoms with Crippen LogP contribution in [-0.4, -0.2) is 35.1 Å². The highest BCUT2D eigenvalue weighted by atomic mass is 32.2. The summed E-state index contributed by atoms with van der Waals surface area (Å²) >= 11 is 1.19. The summed E-state index contributed by atoms with van der Waals surface area (Å²) < 4.78 is 0. The maximum atomic E-state index is 10.7. The molecule has 82 valence electrons. The molecular formula is C8H17N3O2S. The van der Waals surface area contributed by atoms with E-state index in [-0.39, 0.29) is 5.17 Å². The van der Waals surface area contributed by atoms with Crippen LogP contribution in [0.15, 0.2) is 0 Å². The molecule has 0 aromatic carbocycles. The third-order valence-corrected chi connectivity index (χ3v) is 2.28. The fraction of sp³-hybridized carbons (Fsp3) is 0.750. The first-order chi connectivity index (χ1) is 6.61. The van der Waals surface area contributed by atoms with Crippen molar-refractivity contribution >= 4 is 22.9 Å². The Labute approximate surface area is 87.9 Å². The minimum atomic E-state index is -0.916. The zero-order valence-corrected chi connectivity index (χ0v) is 9.06. The van der Waals surface area contributed by atoms with Gasteiger partial charge in [-0.25, -0.2) is 4.79 Å². The van der Waals surface area contributed by atoms with Crippen LogP contribution in [0.3, 0.4) is 0 Å². The lowest BCUT2D eigenvalue weighted by molar-refractivity contribution is -0.139. The molecule has 0 rings (SSSR count). The van der Waals surface area contributed by atoms with Crippen molar-refractivity contribution in [1.82, 2.24) is 5.32 Å². The monoisotopic (exact) mass is 219 g/mol. The van der Waals surface area contributed by atoms with E-state index in [9.17, 15) is 4.79 Å². The van der Waals surface area contributed by atoms with Crippen molar-refractivity contribution in [2.24, 2.45) is 5.73 Å². The van der Waals surface area contributed by atoms with Gasteiger partial charge in [0.2, 0.25) is 0 Å². The molecule has 0 aliphatic heterocycles. The minimum Gasteiger partial charge on any atom is -0.480 e. The number of unbranched alkanes of at least 4 members (excludes halogenated alkanes) is 1. The number of carboxylic acid groups (broad SMARTS) is 1. The van der Waals surface area contributed by atoms with E-state index in [4.69, 9.17) is 16.2 Å². The number of hydrogen-bond acceptors (Lipinski definition) is 4. The quantitative estimate of drug-likeness (QED) is 0.295. The predicted molar refractivity (Wildman–Crippen MR) is 58.7 cm³/mol. The summed E-state index contributed by atoms with van der Waals surface area (Å²) in [7, 11) is 0.